The van der Waals surface area contributed by atoms with Crippen LogP contribution in [-0.2, 0) is 14.9 Å². The van der Waals surface area contributed by atoms with Crippen LogP contribution >= 0.6 is 0 Å². The van der Waals surface area contributed by atoms with Crippen molar-refractivity contribution in [2.75, 3.05) is 39.4 Å². The molecule has 1 atom stereocenters. The first-order chi connectivity index (χ1) is 10.1. The van der Waals surface area contributed by atoms with Crippen molar-refractivity contribution >= 4 is 10.2 Å². The highest BCUT2D eigenvalue weighted by Crippen LogP contribution is 2.28. The van der Waals surface area contributed by atoms with Gasteiger partial charge in [0.25, 0.3) is 10.2 Å². The van der Waals surface area contributed by atoms with Crippen molar-refractivity contribution in [2.45, 2.75) is 45.1 Å². The first kappa shape index (κ1) is 17.1. The van der Waals surface area contributed by atoms with Crippen molar-refractivity contribution in [3.8, 4) is 0 Å². The molecule has 1 heterocycles. The zero-order chi connectivity index (χ0) is 15.1. The smallest absolute Gasteiger partial charge is 0.279 e. The number of ether oxygens (including phenoxy) is 1. The predicted octanol–water partition coefficient (Wildman–Crippen LogP) is 0.711. The highest BCUT2D eigenvalue weighted by atomic mass is 32.2. The van der Waals surface area contributed by atoms with E-state index in [2.05, 4.69) is 10.0 Å². The van der Waals surface area contributed by atoms with E-state index in [0.29, 0.717) is 25.6 Å². The molecule has 0 spiro atoms. The minimum absolute atomic E-state index is 0.0728. The second-order valence-corrected chi connectivity index (χ2v) is 7.69. The summed E-state index contributed by atoms with van der Waals surface area (Å²) in [6.45, 7) is 5.85. The van der Waals surface area contributed by atoms with Gasteiger partial charge in [0.15, 0.2) is 0 Å². The van der Waals surface area contributed by atoms with Gasteiger partial charge in [-0.05, 0) is 38.1 Å². The second kappa shape index (κ2) is 8.43. The van der Waals surface area contributed by atoms with E-state index in [1.165, 1.54) is 12.8 Å². The lowest BCUT2D eigenvalue weighted by Gasteiger charge is -2.34. The van der Waals surface area contributed by atoms with Crippen molar-refractivity contribution in [2.24, 2.45) is 5.92 Å². The van der Waals surface area contributed by atoms with Crippen LogP contribution in [-0.4, -0.2) is 58.2 Å². The van der Waals surface area contributed by atoms with Crippen LogP contribution in [0, 0.1) is 5.92 Å². The fraction of sp³-hybridized carbons (Fsp3) is 1.00. The maximum absolute atomic E-state index is 12.4. The van der Waals surface area contributed by atoms with Crippen LogP contribution in [0.5, 0.6) is 0 Å². The Hall–Kier alpha value is -0.210. The summed E-state index contributed by atoms with van der Waals surface area (Å²) in [5.41, 5.74) is 0. The molecule has 1 aliphatic carbocycles. The van der Waals surface area contributed by atoms with Crippen LogP contribution in [0.1, 0.15) is 39.0 Å². The number of hydrogen-bond donors (Lipinski definition) is 2. The molecular formula is C14H29N3O3S. The summed E-state index contributed by atoms with van der Waals surface area (Å²) >= 11 is 0. The average Bonchev–Trinajstić information content (AvgIpc) is 3.29. The minimum atomic E-state index is -3.38. The van der Waals surface area contributed by atoms with Gasteiger partial charge in [-0.25, -0.2) is 0 Å². The zero-order valence-electron chi connectivity index (χ0n) is 13.0. The Labute approximate surface area is 128 Å². The van der Waals surface area contributed by atoms with E-state index < -0.39 is 10.2 Å². The van der Waals surface area contributed by atoms with Crippen LogP contribution in [0.3, 0.4) is 0 Å². The van der Waals surface area contributed by atoms with Crippen molar-refractivity contribution in [1.82, 2.24) is 14.3 Å². The van der Waals surface area contributed by atoms with Gasteiger partial charge in [-0.15, -0.1) is 0 Å². The van der Waals surface area contributed by atoms with Crippen molar-refractivity contribution in [1.29, 1.82) is 0 Å². The van der Waals surface area contributed by atoms with E-state index >= 15 is 0 Å². The first-order valence-electron chi connectivity index (χ1n) is 8.18. The molecule has 1 unspecified atom stereocenters. The molecule has 0 aromatic carbocycles. The van der Waals surface area contributed by atoms with E-state index in [0.717, 1.165) is 39.0 Å². The minimum Gasteiger partial charge on any atom is -0.380 e. The number of nitrogens with zero attached hydrogens (tertiary/aromatic N) is 1. The van der Waals surface area contributed by atoms with Gasteiger partial charge in [-0.3, -0.25) is 0 Å². The summed E-state index contributed by atoms with van der Waals surface area (Å²) in [6, 6.07) is 0.0728. The normalized spacial score (nSPS) is 24.3. The highest BCUT2D eigenvalue weighted by molar-refractivity contribution is 7.87. The van der Waals surface area contributed by atoms with Gasteiger partial charge < -0.3 is 10.1 Å². The topological polar surface area (TPSA) is 70.7 Å². The maximum atomic E-state index is 12.4. The summed E-state index contributed by atoms with van der Waals surface area (Å²) in [5.74, 6) is 0.716. The monoisotopic (exact) mass is 319 g/mol. The van der Waals surface area contributed by atoms with Crippen LogP contribution in [0.15, 0.2) is 0 Å². The summed E-state index contributed by atoms with van der Waals surface area (Å²) < 4.78 is 34.6. The Kier molecular flexibility index (Phi) is 6.88. The Bertz CT molecular complexity index is 398. The molecule has 1 saturated heterocycles. The molecule has 2 rings (SSSR count). The molecule has 6 nitrogen and oxygen atoms in total. The molecular weight excluding hydrogens is 290 g/mol. The molecule has 2 aliphatic rings. The molecule has 7 heteroatoms. The van der Waals surface area contributed by atoms with E-state index in [4.69, 9.17) is 4.74 Å². The van der Waals surface area contributed by atoms with Gasteiger partial charge in [-0.1, -0.05) is 13.3 Å². The lowest BCUT2D eigenvalue weighted by molar-refractivity contribution is 0.128. The van der Waals surface area contributed by atoms with Crippen molar-refractivity contribution in [3.05, 3.63) is 0 Å². The van der Waals surface area contributed by atoms with Crippen LogP contribution < -0.4 is 10.0 Å². The lowest BCUT2D eigenvalue weighted by atomic mass is 10.1. The molecule has 2 N–H and O–H groups in total. The Balaban J connectivity index is 1.74. The molecule has 2 fully saturated rings. The summed E-state index contributed by atoms with van der Waals surface area (Å²) in [7, 11) is -3.38. The Morgan fingerprint density at radius 2 is 2.05 bits per heavy atom. The van der Waals surface area contributed by atoms with E-state index in [-0.39, 0.29) is 6.04 Å². The standard InChI is InChI=1S/C14H29N3O3S/c1-2-15-11-14-5-3-4-9-17(14)21(18,19)16-8-10-20-12-13-6-7-13/h13-16H,2-12H2,1H3. The fourth-order valence-electron chi connectivity index (χ4n) is 2.67. The molecule has 0 radical (unpaired) electrons. The van der Waals surface area contributed by atoms with Gasteiger partial charge in [0, 0.05) is 32.3 Å². The molecule has 0 aromatic heterocycles. The predicted molar refractivity (Wildman–Crippen MR) is 83.4 cm³/mol. The van der Waals surface area contributed by atoms with Crippen molar-refractivity contribution in [3.63, 3.8) is 0 Å². The van der Waals surface area contributed by atoms with Gasteiger partial charge in [0.1, 0.15) is 0 Å². The molecule has 0 amide bonds. The largest absolute Gasteiger partial charge is 0.380 e. The average molecular weight is 319 g/mol. The fourth-order valence-corrected chi connectivity index (χ4v) is 4.11. The summed E-state index contributed by atoms with van der Waals surface area (Å²) in [4.78, 5) is 0. The summed E-state index contributed by atoms with van der Waals surface area (Å²) in [6.07, 6.45) is 5.50. The van der Waals surface area contributed by atoms with Crippen LogP contribution in [0.2, 0.25) is 0 Å². The third kappa shape index (κ3) is 5.83. The van der Waals surface area contributed by atoms with E-state index in [9.17, 15) is 8.42 Å². The third-order valence-corrected chi connectivity index (χ3v) is 5.76. The summed E-state index contributed by atoms with van der Waals surface area (Å²) in [5, 5.41) is 3.26. The second-order valence-electron chi connectivity index (χ2n) is 5.99. The number of nitrogens with one attached hydrogen (secondary N) is 2. The van der Waals surface area contributed by atoms with Crippen LogP contribution in [0.4, 0.5) is 0 Å². The SMILES string of the molecule is CCNCC1CCCCN1S(=O)(=O)NCCOCC1CC1. The molecule has 0 aromatic rings. The van der Waals surface area contributed by atoms with Crippen molar-refractivity contribution < 1.29 is 13.2 Å². The Morgan fingerprint density at radius 3 is 2.76 bits per heavy atom. The highest BCUT2D eigenvalue weighted by Gasteiger charge is 2.31. The first-order valence-corrected chi connectivity index (χ1v) is 9.62. The molecule has 0 bridgehead atoms. The van der Waals surface area contributed by atoms with E-state index in [1.807, 2.05) is 6.92 Å². The maximum Gasteiger partial charge on any atom is 0.279 e. The number of piperidine rings is 1. The lowest BCUT2D eigenvalue weighted by Crippen LogP contribution is -2.52. The Morgan fingerprint density at radius 1 is 1.24 bits per heavy atom. The van der Waals surface area contributed by atoms with Gasteiger partial charge in [0.05, 0.1) is 6.61 Å². The molecule has 21 heavy (non-hydrogen) atoms. The number of likely N-dealkylation sites (N-methyl/N-ethyl adjacent to an activating group) is 1. The number of hydrogen-bond acceptors (Lipinski definition) is 4. The zero-order valence-corrected chi connectivity index (χ0v) is 13.8. The quantitative estimate of drug-likeness (QED) is 0.582. The van der Waals surface area contributed by atoms with Gasteiger partial charge >= 0.3 is 0 Å². The molecule has 1 aliphatic heterocycles. The van der Waals surface area contributed by atoms with Gasteiger partial charge in [0.2, 0.25) is 0 Å². The van der Waals surface area contributed by atoms with Gasteiger partial charge in [-0.2, -0.15) is 17.4 Å². The third-order valence-electron chi connectivity index (χ3n) is 4.09. The van der Waals surface area contributed by atoms with Crippen LogP contribution in [0.25, 0.3) is 0 Å². The molecule has 124 valence electrons. The molecule has 1 saturated carbocycles. The number of rotatable bonds is 10. The van der Waals surface area contributed by atoms with E-state index in [1.54, 1.807) is 4.31 Å².